The number of rotatable bonds is 1. The van der Waals surface area contributed by atoms with E-state index in [9.17, 15) is 5.11 Å². The van der Waals surface area contributed by atoms with E-state index in [0.717, 1.165) is 23.9 Å². The largest absolute Gasteiger partial charge is 0.384 e. The Bertz CT molecular complexity index is 529. The molecule has 1 heterocycles. The van der Waals surface area contributed by atoms with Crippen molar-refractivity contribution in [2.75, 3.05) is 0 Å². The lowest BCUT2D eigenvalue weighted by atomic mass is 10.0. The van der Waals surface area contributed by atoms with Crippen LogP contribution in [0.2, 0.25) is 0 Å². The van der Waals surface area contributed by atoms with E-state index in [0.29, 0.717) is 0 Å². The molecule has 0 aliphatic heterocycles. The van der Waals surface area contributed by atoms with Gasteiger partial charge in [0, 0.05) is 11.6 Å². The molecule has 1 fully saturated rings. The lowest BCUT2D eigenvalue weighted by molar-refractivity contribution is 0.148. The highest BCUT2D eigenvalue weighted by Crippen LogP contribution is 2.46. The zero-order valence-corrected chi connectivity index (χ0v) is 8.70. The van der Waals surface area contributed by atoms with Gasteiger partial charge in [-0.05, 0) is 31.2 Å². The predicted molar refractivity (Wildman–Crippen MR) is 59.6 cm³/mol. The summed E-state index contributed by atoms with van der Waals surface area (Å²) in [5.74, 6) is 0. The third-order valence-electron chi connectivity index (χ3n) is 3.08. The molecule has 3 rings (SSSR count). The van der Waals surface area contributed by atoms with Gasteiger partial charge in [0.25, 0.3) is 0 Å². The van der Waals surface area contributed by atoms with Crippen LogP contribution in [0.3, 0.4) is 0 Å². The van der Waals surface area contributed by atoms with Crippen LogP contribution in [0.15, 0.2) is 30.5 Å². The molecular formula is C13H13NO. The van der Waals surface area contributed by atoms with Crippen molar-refractivity contribution in [2.45, 2.75) is 25.4 Å². The van der Waals surface area contributed by atoms with Crippen LogP contribution in [0.4, 0.5) is 0 Å². The summed E-state index contributed by atoms with van der Waals surface area (Å²) in [6, 6.07) is 8.26. The van der Waals surface area contributed by atoms with Crippen molar-refractivity contribution in [3.63, 3.8) is 0 Å². The Morgan fingerprint density at radius 2 is 2.07 bits per heavy atom. The molecule has 1 aliphatic carbocycles. The number of nitrogens with zero attached hydrogens (tertiary/aromatic N) is 1. The Morgan fingerprint density at radius 3 is 2.80 bits per heavy atom. The Morgan fingerprint density at radius 1 is 1.27 bits per heavy atom. The summed E-state index contributed by atoms with van der Waals surface area (Å²) in [7, 11) is 0. The van der Waals surface area contributed by atoms with Gasteiger partial charge in [0.2, 0.25) is 0 Å². The zero-order valence-electron chi connectivity index (χ0n) is 8.70. The third kappa shape index (κ3) is 1.33. The van der Waals surface area contributed by atoms with Crippen molar-refractivity contribution in [2.24, 2.45) is 0 Å². The van der Waals surface area contributed by atoms with Gasteiger partial charge in [-0.2, -0.15) is 0 Å². The highest BCUT2D eigenvalue weighted by atomic mass is 16.3. The molecule has 2 aromatic rings. The number of aromatic nitrogens is 1. The number of benzene rings is 1. The number of hydrogen-bond acceptors (Lipinski definition) is 2. The minimum atomic E-state index is -0.644. The van der Waals surface area contributed by atoms with Crippen LogP contribution in [-0.4, -0.2) is 10.1 Å². The topological polar surface area (TPSA) is 33.1 Å². The van der Waals surface area contributed by atoms with Gasteiger partial charge in [-0.15, -0.1) is 0 Å². The summed E-state index contributed by atoms with van der Waals surface area (Å²) < 4.78 is 0. The number of pyridine rings is 1. The number of hydrogen-bond donors (Lipinski definition) is 1. The molecule has 0 bridgehead atoms. The highest BCUT2D eigenvalue weighted by molar-refractivity contribution is 5.86. The molecule has 1 saturated carbocycles. The van der Waals surface area contributed by atoms with Crippen LogP contribution < -0.4 is 0 Å². The second kappa shape index (κ2) is 2.80. The first-order valence-electron chi connectivity index (χ1n) is 5.27. The molecule has 0 unspecified atom stereocenters. The predicted octanol–water partition coefficient (Wildman–Crippen LogP) is 2.52. The van der Waals surface area contributed by atoms with E-state index >= 15 is 0 Å². The maximum Gasteiger partial charge on any atom is 0.107 e. The molecular weight excluding hydrogens is 186 g/mol. The van der Waals surface area contributed by atoms with E-state index in [1.54, 1.807) is 6.20 Å². The molecule has 0 radical (unpaired) electrons. The average molecular weight is 199 g/mol. The van der Waals surface area contributed by atoms with Crippen LogP contribution in [-0.2, 0) is 5.60 Å². The fourth-order valence-electron chi connectivity index (χ4n) is 2.02. The Kier molecular flexibility index (Phi) is 1.65. The molecule has 0 spiro atoms. The molecule has 0 amide bonds. The standard InChI is InChI=1S/C13H13NO/c1-9-2-3-11-10(8-9)4-7-14-12(11)13(15)5-6-13/h2-4,7-8,15H,5-6H2,1H3. The monoisotopic (exact) mass is 199 g/mol. The maximum absolute atomic E-state index is 10.1. The highest BCUT2D eigenvalue weighted by Gasteiger charge is 2.44. The Hall–Kier alpha value is -1.41. The molecule has 2 nitrogen and oxygen atoms in total. The number of aryl methyl sites for hydroxylation is 1. The minimum absolute atomic E-state index is 0.644. The first kappa shape index (κ1) is 8.86. The van der Waals surface area contributed by atoms with Crippen molar-refractivity contribution >= 4 is 10.8 Å². The van der Waals surface area contributed by atoms with E-state index < -0.39 is 5.60 Å². The fraction of sp³-hybridized carbons (Fsp3) is 0.308. The minimum Gasteiger partial charge on any atom is -0.384 e. The number of aliphatic hydroxyl groups is 1. The molecule has 1 aromatic carbocycles. The maximum atomic E-state index is 10.1. The summed E-state index contributed by atoms with van der Waals surface area (Å²) in [5.41, 5.74) is 1.44. The van der Waals surface area contributed by atoms with Gasteiger partial charge >= 0.3 is 0 Å². The molecule has 1 N–H and O–H groups in total. The summed E-state index contributed by atoms with van der Waals surface area (Å²) in [6.07, 6.45) is 3.47. The summed E-state index contributed by atoms with van der Waals surface area (Å²) >= 11 is 0. The molecule has 0 atom stereocenters. The van der Waals surface area contributed by atoms with Crippen molar-refractivity contribution < 1.29 is 5.11 Å². The van der Waals surface area contributed by atoms with Crippen LogP contribution in [0.25, 0.3) is 10.8 Å². The smallest absolute Gasteiger partial charge is 0.107 e. The van der Waals surface area contributed by atoms with Crippen molar-refractivity contribution in [3.8, 4) is 0 Å². The van der Waals surface area contributed by atoms with Crippen LogP contribution in [0, 0.1) is 6.92 Å². The molecule has 1 aliphatic rings. The van der Waals surface area contributed by atoms with Gasteiger partial charge in [-0.3, -0.25) is 4.98 Å². The second-order valence-electron chi connectivity index (χ2n) is 4.42. The molecule has 2 heteroatoms. The average Bonchev–Trinajstić information content (AvgIpc) is 2.96. The van der Waals surface area contributed by atoms with Crippen LogP contribution in [0.5, 0.6) is 0 Å². The van der Waals surface area contributed by atoms with Gasteiger partial charge in [0.15, 0.2) is 0 Å². The SMILES string of the molecule is Cc1ccc2c(C3(O)CC3)nccc2c1. The van der Waals surface area contributed by atoms with E-state index in [2.05, 4.69) is 30.1 Å². The van der Waals surface area contributed by atoms with Gasteiger partial charge in [0.05, 0.1) is 5.69 Å². The molecule has 15 heavy (non-hydrogen) atoms. The van der Waals surface area contributed by atoms with Gasteiger partial charge < -0.3 is 5.11 Å². The summed E-state index contributed by atoms with van der Waals surface area (Å²) in [5, 5.41) is 12.4. The van der Waals surface area contributed by atoms with Gasteiger partial charge in [-0.25, -0.2) is 0 Å². The zero-order chi connectivity index (χ0) is 10.5. The first-order valence-corrected chi connectivity index (χ1v) is 5.27. The lowest BCUT2D eigenvalue weighted by Gasteiger charge is -2.10. The van der Waals surface area contributed by atoms with Crippen molar-refractivity contribution in [1.82, 2.24) is 4.98 Å². The van der Waals surface area contributed by atoms with Gasteiger partial charge in [-0.1, -0.05) is 23.8 Å². The quantitative estimate of drug-likeness (QED) is 0.765. The molecule has 0 saturated heterocycles. The molecule has 1 aromatic heterocycles. The van der Waals surface area contributed by atoms with E-state index in [1.807, 2.05) is 6.07 Å². The van der Waals surface area contributed by atoms with Gasteiger partial charge in [0.1, 0.15) is 5.60 Å². The summed E-state index contributed by atoms with van der Waals surface area (Å²) in [4.78, 5) is 4.32. The van der Waals surface area contributed by atoms with Crippen LogP contribution in [0.1, 0.15) is 24.1 Å². The van der Waals surface area contributed by atoms with E-state index in [-0.39, 0.29) is 0 Å². The van der Waals surface area contributed by atoms with Crippen molar-refractivity contribution in [3.05, 3.63) is 41.7 Å². The summed E-state index contributed by atoms with van der Waals surface area (Å²) in [6.45, 7) is 2.07. The van der Waals surface area contributed by atoms with E-state index in [4.69, 9.17) is 0 Å². The van der Waals surface area contributed by atoms with E-state index in [1.165, 1.54) is 10.9 Å². The van der Waals surface area contributed by atoms with Crippen molar-refractivity contribution in [1.29, 1.82) is 0 Å². The Labute approximate surface area is 88.6 Å². The molecule has 76 valence electrons. The van der Waals surface area contributed by atoms with Crippen LogP contribution >= 0.6 is 0 Å². The second-order valence-corrected chi connectivity index (χ2v) is 4.42. The third-order valence-corrected chi connectivity index (χ3v) is 3.08. The first-order chi connectivity index (χ1) is 7.19. The number of fused-ring (bicyclic) bond motifs is 1. The lowest BCUT2D eigenvalue weighted by Crippen LogP contribution is -2.07. The normalized spacial score (nSPS) is 18.0. The fourth-order valence-corrected chi connectivity index (χ4v) is 2.02. The Balaban J connectivity index is 2.31.